The molecule has 4 rings (SSSR count). The molecule has 0 radical (unpaired) electrons. The molecule has 1 fully saturated rings. The van der Waals surface area contributed by atoms with Crippen molar-refractivity contribution in [2.45, 2.75) is 19.3 Å². The van der Waals surface area contributed by atoms with Gasteiger partial charge in [-0.15, -0.1) is 0 Å². The van der Waals surface area contributed by atoms with Crippen LogP contribution in [0.2, 0.25) is 0 Å². The van der Waals surface area contributed by atoms with E-state index in [1.54, 1.807) is 12.1 Å². The maximum atomic E-state index is 11.4. The number of nitrogens with zero attached hydrogens (tertiary/aromatic N) is 3. The monoisotopic (exact) mass is 318 g/mol. The Labute approximate surface area is 139 Å². The van der Waals surface area contributed by atoms with Crippen LogP contribution in [0.15, 0.2) is 54.6 Å². The number of amides is 1. The highest BCUT2D eigenvalue weighted by Crippen LogP contribution is 2.36. The fraction of sp³-hybridized carbons (Fsp3) is 0.211. The van der Waals surface area contributed by atoms with Crippen LogP contribution in [0.3, 0.4) is 0 Å². The van der Waals surface area contributed by atoms with Crippen LogP contribution >= 0.6 is 0 Å². The summed E-state index contributed by atoms with van der Waals surface area (Å²) in [6.07, 6.45) is 3.18. The van der Waals surface area contributed by atoms with Gasteiger partial charge in [0.1, 0.15) is 0 Å². The minimum absolute atomic E-state index is 0.441. The van der Waals surface area contributed by atoms with Crippen molar-refractivity contribution in [2.24, 2.45) is 11.7 Å². The molecule has 2 heterocycles. The average Bonchev–Trinajstić information content (AvgIpc) is 3.35. The SMILES string of the molecule is C=C(Cc1nc2cccc(-c3cccc(C(N)=O)c3)n2n1)C1CC1. The van der Waals surface area contributed by atoms with Crippen LogP contribution in [0.5, 0.6) is 0 Å². The molecular formula is C19H18N4O. The lowest BCUT2D eigenvalue weighted by Gasteiger charge is -2.05. The minimum Gasteiger partial charge on any atom is -0.366 e. The molecule has 5 heteroatoms. The molecule has 1 aromatic carbocycles. The topological polar surface area (TPSA) is 73.3 Å². The molecule has 1 saturated carbocycles. The van der Waals surface area contributed by atoms with E-state index in [0.29, 0.717) is 17.9 Å². The fourth-order valence-electron chi connectivity index (χ4n) is 2.91. The predicted molar refractivity (Wildman–Crippen MR) is 92.5 cm³/mol. The van der Waals surface area contributed by atoms with Gasteiger partial charge >= 0.3 is 0 Å². The summed E-state index contributed by atoms with van der Waals surface area (Å²) in [5, 5.41) is 4.64. The summed E-state index contributed by atoms with van der Waals surface area (Å²) in [6, 6.07) is 13.1. The van der Waals surface area contributed by atoms with Gasteiger partial charge in [-0.05, 0) is 43.0 Å². The van der Waals surface area contributed by atoms with Gasteiger partial charge in [-0.3, -0.25) is 4.79 Å². The number of allylic oxidation sites excluding steroid dienone is 1. The molecule has 3 aromatic rings. The van der Waals surface area contributed by atoms with E-state index in [4.69, 9.17) is 5.73 Å². The summed E-state index contributed by atoms with van der Waals surface area (Å²) in [6.45, 7) is 4.15. The number of primary amides is 1. The van der Waals surface area contributed by atoms with E-state index >= 15 is 0 Å². The summed E-state index contributed by atoms with van der Waals surface area (Å²) < 4.78 is 1.82. The van der Waals surface area contributed by atoms with E-state index in [-0.39, 0.29) is 0 Å². The normalized spacial score (nSPS) is 14.0. The zero-order chi connectivity index (χ0) is 16.7. The summed E-state index contributed by atoms with van der Waals surface area (Å²) in [5.74, 6) is 0.984. The van der Waals surface area contributed by atoms with E-state index in [2.05, 4.69) is 16.7 Å². The Balaban J connectivity index is 1.75. The number of rotatable bonds is 5. The first-order chi connectivity index (χ1) is 11.6. The number of nitrogens with two attached hydrogens (primary N) is 1. The van der Waals surface area contributed by atoms with Gasteiger partial charge in [-0.2, -0.15) is 5.10 Å². The van der Waals surface area contributed by atoms with Crippen molar-refractivity contribution in [1.82, 2.24) is 14.6 Å². The maximum Gasteiger partial charge on any atom is 0.248 e. The predicted octanol–water partition coefficient (Wildman–Crippen LogP) is 3.00. The molecule has 5 nitrogen and oxygen atoms in total. The van der Waals surface area contributed by atoms with Crippen LogP contribution in [-0.4, -0.2) is 20.5 Å². The van der Waals surface area contributed by atoms with Gasteiger partial charge in [0.25, 0.3) is 0 Å². The molecule has 0 bridgehead atoms. The van der Waals surface area contributed by atoms with Crippen molar-refractivity contribution in [3.05, 3.63) is 66.0 Å². The second-order valence-corrected chi connectivity index (χ2v) is 6.26. The lowest BCUT2D eigenvalue weighted by Crippen LogP contribution is -2.10. The van der Waals surface area contributed by atoms with Gasteiger partial charge in [0.2, 0.25) is 5.91 Å². The number of pyridine rings is 1. The smallest absolute Gasteiger partial charge is 0.248 e. The number of fused-ring (bicyclic) bond motifs is 1. The second-order valence-electron chi connectivity index (χ2n) is 6.26. The van der Waals surface area contributed by atoms with Crippen molar-refractivity contribution >= 4 is 11.6 Å². The van der Waals surface area contributed by atoms with Crippen LogP contribution in [0.4, 0.5) is 0 Å². The Morgan fingerprint density at radius 1 is 1.25 bits per heavy atom. The van der Waals surface area contributed by atoms with Gasteiger partial charge in [-0.1, -0.05) is 30.4 Å². The maximum absolute atomic E-state index is 11.4. The average molecular weight is 318 g/mol. The molecule has 0 spiro atoms. The molecule has 2 N–H and O–H groups in total. The highest BCUT2D eigenvalue weighted by atomic mass is 16.1. The third-order valence-electron chi connectivity index (χ3n) is 4.39. The van der Waals surface area contributed by atoms with Gasteiger partial charge in [0, 0.05) is 17.5 Å². The molecule has 0 saturated heterocycles. The number of carbonyl (C=O) groups excluding carboxylic acids is 1. The van der Waals surface area contributed by atoms with Crippen LogP contribution in [0, 0.1) is 5.92 Å². The highest BCUT2D eigenvalue weighted by molar-refractivity contribution is 5.94. The van der Waals surface area contributed by atoms with Crippen LogP contribution in [-0.2, 0) is 6.42 Å². The Hall–Kier alpha value is -2.95. The van der Waals surface area contributed by atoms with E-state index in [9.17, 15) is 4.79 Å². The Bertz CT molecular complexity index is 953. The van der Waals surface area contributed by atoms with Crippen LogP contribution < -0.4 is 5.73 Å². The number of aromatic nitrogens is 3. The van der Waals surface area contributed by atoms with Gasteiger partial charge in [-0.25, -0.2) is 9.50 Å². The molecule has 120 valence electrons. The Kier molecular flexibility index (Phi) is 3.41. The van der Waals surface area contributed by atoms with E-state index in [1.165, 1.54) is 18.4 Å². The van der Waals surface area contributed by atoms with Gasteiger partial charge < -0.3 is 5.73 Å². The van der Waals surface area contributed by atoms with Crippen molar-refractivity contribution in [1.29, 1.82) is 0 Å². The zero-order valence-corrected chi connectivity index (χ0v) is 13.3. The van der Waals surface area contributed by atoms with E-state index in [0.717, 1.165) is 22.7 Å². The lowest BCUT2D eigenvalue weighted by atomic mass is 10.1. The van der Waals surface area contributed by atoms with E-state index < -0.39 is 5.91 Å². The molecule has 1 amide bonds. The molecule has 1 aliphatic rings. The summed E-state index contributed by atoms with van der Waals surface area (Å²) >= 11 is 0. The van der Waals surface area contributed by atoms with Gasteiger partial charge in [0.15, 0.2) is 11.5 Å². The Morgan fingerprint density at radius 2 is 2.04 bits per heavy atom. The second kappa shape index (κ2) is 5.60. The molecule has 0 atom stereocenters. The zero-order valence-electron chi connectivity index (χ0n) is 13.3. The molecule has 1 aliphatic carbocycles. The number of hydrogen-bond donors (Lipinski definition) is 1. The summed E-state index contributed by atoms with van der Waals surface area (Å²) in [5.41, 5.74) is 9.63. The van der Waals surface area contributed by atoms with Crippen molar-refractivity contribution in [3.8, 4) is 11.3 Å². The minimum atomic E-state index is -0.441. The van der Waals surface area contributed by atoms with Crippen LogP contribution in [0.1, 0.15) is 29.0 Å². The summed E-state index contributed by atoms with van der Waals surface area (Å²) in [7, 11) is 0. The first kappa shape index (κ1) is 14.6. The van der Waals surface area contributed by atoms with Crippen molar-refractivity contribution < 1.29 is 4.79 Å². The third-order valence-corrected chi connectivity index (χ3v) is 4.39. The summed E-state index contributed by atoms with van der Waals surface area (Å²) in [4.78, 5) is 16.0. The number of hydrogen-bond acceptors (Lipinski definition) is 3. The first-order valence-electron chi connectivity index (χ1n) is 8.04. The Morgan fingerprint density at radius 3 is 2.79 bits per heavy atom. The van der Waals surface area contributed by atoms with Gasteiger partial charge in [0.05, 0.1) is 5.69 Å². The number of benzene rings is 1. The lowest BCUT2D eigenvalue weighted by molar-refractivity contribution is 0.100. The third kappa shape index (κ3) is 2.69. The molecule has 0 aliphatic heterocycles. The quantitative estimate of drug-likeness (QED) is 0.735. The largest absolute Gasteiger partial charge is 0.366 e. The molecular weight excluding hydrogens is 300 g/mol. The molecule has 0 unspecified atom stereocenters. The van der Waals surface area contributed by atoms with E-state index in [1.807, 2.05) is 34.8 Å². The first-order valence-corrected chi connectivity index (χ1v) is 8.04. The van der Waals surface area contributed by atoms with Crippen molar-refractivity contribution in [2.75, 3.05) is 0 Å². The molecule has 2 aromatic heterocycles. The number of carbonyl (C=O) groups is 1. The standard InChI is InChI=1S/C19H18N4O/c1-12(13-8-9-13)10-17-21-18-7-3-6-16(23(18)22-17)14-4-2-5-15(11-14)19(20)24/h2-7,11,13H,1,8-10H2,(H2,20,24). The van der Waals surface area contributed by atoms with Crippen molar-refractivity contribution in [3.63, 3.8) is 0 Å². The molecule has 24 heavy (non-hydrogen) atoms. The highest BCUT2D eigenvalue weighted by Gasteiger charge is 2.25. The fourth-order valence-corrected chi connectivity index (χ4v) is 2.91. The van der Waals surface area contributed by atoms with Crippen LogP contribution in [0.25, 0.3) is 16.9 Å².